The highest BCUT2D eigenvalue weighted by atomic mass is 32.2. The second-order valence-corrected chi connectivity index (χ2v) is 30.0. The summed E-state index contributed by atoms with van der Waals surface area (Å²) in [5.74, 6) is -1.36. The Bertz CT molecular complexity index is 6470. The van der Waals surface area contributed by atoms with Crippen LogP contribution in [0.2, 0.25) is 0 Å². The van der Waals surface area contributed by atoms with Gasteiger partial charge in [0.25, 0.3) is 6.71 Å². The zero-order valence-corrected chi connectivity index (χ0v) is 61.6. The Kier molecular flexibility index (Phi) is 16.4. The molecule has 0 radical (unpaired) electrons. The Morgan fingerprint density at radius 3 is 1.10 bits per heavy atom. The van der Waals surface area contributed by atoms with Crippen molar-refractivity contribution in [3.63, 3.8) is 0 Å². The summed E-state index contributed by atoms with van der Waals surface area (Å²) in [4.78, 5) is 13.9. The van der Waals surface area contributed by atoms with E-state index in [1.54, 1.807) is 11.8 Å². The standard InChI is InChI=1S/C102H67B2F2N5S/c105-77-60-86(74-36-16-5-17-37-74)102(91(106)61-77)111-94-67-98-90(104-88-47-23-25-49-93(88)110(79-42-20-7-21-43-79)97-64-85(65-99(112-98)101(97)104)108(81-56-52-73(53-57-81)69-30-10-2-11-31-69)83-45-27-39-76(59-83)71-34-14-4-15-35-71)66-89(94)103-87-46-22-24-48-92(87)109(78-40-18-6-19-41-78)95-62-84(63-96(111)100(95)103)107(80-54-50-72(51-55-80)68-28-8-1-9-29-68)82-44-26-38-75(58-82)70-32-12-3-13-33-70/h1-67H. The Morgan fingerprint density at radius 1 is 0.232 bits per heavy atom. The molecule has 21 rings (SSSR count). The van der Waals surface area contributed by atoms with Crippen LogP contribution in [0.15, 0.2) is 416 Å². The fourth-order valence-corrected chi connectivity index (χ4v) is 18.8. The highest BCUT2D eigenvalue weighted by Gasteiger charge is 2.48. The third-order valence-electron chi connectivity index (χ3n) is 22.5. The first kappa shape index (κ1) is 66.3. The highest BCUT2D eigenvalue weighted by molar-refractivity contribution is 8.00. The fraction of sp³-hybridized carbons (Fsp3) is 0. The Labute approximate surface area is 655 Å². The minimum atomic E-state index is -0.692. The molecule has 0 amide bonds. The molecule has 0 saturated heterocycles. The predicted molar refractivity (Wildman–Crippen MR) is 467 cm³/mol. The van der Waals surface area contributed by atoms with Crippen molar-refractivity contribution in [1.29, 1.82) is 0 Å². The Hall–Kier alpha value is -13.9. The van der Waals surface area contributed by atoms with Crippen molar-refractivity contribution < 1.29 is 8.78 Å². The van der Waals surface area contributed by atoms with E-state index < -0.39 is 18.3 Å². The summed E-state index contributed by atoms with van der Waals surface area (Å²) in [5.41, 5.74) is 30.1. The molecule has 0 fully saturated rings. The van der Waals surface area contributed by atoms with Crippen molar-refractivity contribution in [3.05, 3.63) is 418 Å². The Balaban J connectivity index is 0.842. The van der Waals surface area contributed by atoms with Gasteiger partial charge >= 0.3 is 0 Å². The van der Waals surface area contributed by atoms with Gasteiger partial charge in [0.1, 0.15) is 5.82 Å². The average molecular weight is 1450 g/mol. The lowest BCUT2D eigenvalue weighted by Crippen LogP contribution is -2.64. The van der Waals surface area contributed by atoms with Crippen molar-refractivity contribution in [2.45, 2.75) is 9.79 Å². The van der Waals surface area contributed by atoms with Crippen LogP contribution in [0.1, 0.15) is 0 Å². The predicted octanol–water partition coefficient (Wildman–Crippen LogP) is 24.1. The molecular weight excluding hydrogens is 1390 g/mol. The normalized spacial score (nSPS) is 12.6. The molecule has 10 heteroatoms. The third kappa shape index (κ3) is 11.4. The molecule has 17 aromatic rings. The number of hydrogen-bond acceptors (Lipinski definition) is 6. The van der Waals surface area contributed by atoms with Gasteiger partial charge in [-0.3, -0.25) is 0 Å². The van der Waals surface area contributed by atoms with Gasteiger partial charge in [-0.25, -0.2) is 8.78 Å². The maximum Gasteiger partial charge on any atom is 0.252 e. The molecule has 0 saturated carbocycles. The summed E-state index contributed by atoms with van der Waals surface area (Å²) in [6.45, 7) is -0.680. The quantitative estimate of drug-likeness (QED) is 0.100. The van der Waals surface area contributed by atoms with Crippen molar-refractivity contribution in [2.75, 3.05) is 24.5 Å². The van der Waals surface area contributed by atoms with Crippen LogP contribution < -0.4 is 57.3 Å². The van der Waals surface area contributed by atoms with Crippen molar-refractivity contribution in [3.8, 4) is 55.6 Å². The molecule has 0 bridgehead atoms. The zero-order chi connectivity index (χ0) is 74.3. The van der Waals surface area contributed by atoms with Crippen LogP contribution in [0.3, 0.4) is 0 Å². The number of anilines is 15. The van der Waals surface area contributed by atoms with Crippen molar-refractivity contribution in [2.24, 2.45) is 0 Å². The zero-order valence-electron chi connectivity index (χ0n) is 60.7. The molecular formula is C102H67B2F2N5S. The molecule has 112 heavy (non-hydrogen) atoms. The van der Waals surface area contributed by atoms with Gasteiger partial charge in [-0.1, -0.05) is 296 Å². The van der Waals surface area contributed by atoms with E-state index in [2.05, 4.69) is 382 Å². The summed E-state index contributed by atoms with van der Waals surface area (Å²) in [6, 6.07) is 143. The van der Waals surface area contributed by atoms with Crippen LogP contribution in [0, 0.1) is 11.6 Å². The molecule has 0 aromatic heterocycles. The van der Waals surface area contributed by atoms with Crippen LogP contribution >= 0.6 is 11.8 Å². The molecule has 0 N–H and O–H groups in total. The third-order valence-corrected chi connectivity index (χ3v) is 23.6. The summed E-state index contributed by atoms with van der Waals surface area (Å²) in [7, 11) is 0. The maximum absolute atomic E-state index is 19.0. The van der Waals surface area contributed by atoms with E-state index in [1.165, 1.54) is 17.0 Å². The molecule has 526 valence electrons. The van der Waals surface area contributed by atoms with E-state index in [-0.39, 0.29) is 12.4 Å². The first-order chi connectivity index (χ1) is 55.4. The van der Waals surface area contributed by atoms with E-state index in [0.717, 1.165) is 162 Å². The van der Waals surface area contributed by atoms with Crippen molar-refractivity contribution >= 4 is 143 Å². The number of benzene rings is 17. The number of para-hydroxylation sites is 4. The first-order valence-corrected chi connectivity index (χ1v) is 38.9. The van der Waals surface area contributed by atoms with Crippen LogP contribution in [-0.4, -0.2) is 13.4 Å². The van der Waals surface area contributed by atoms with E-state index in [9.17, 15) is 0 Å². The number of rotatable bonds is 14. The fourth-order valence-electron chi connectivity index (χ4n) is 17.6. The van der Waals surface area contributed by atoms with Gasteiger partial charge in [0.05, 0.1) is 11.4 Å². The van der Waals surface area contributed by atoms with Gasteiger partial charge in [-0.2, -0.15) is 0 Å². The maximum atomic E-state index is 19.0. The van der Waals surface area contributed by atoms with Crippen LogP contribution in [0.4, 0.5) is 94.1 Å². The molecule has 5 nitrogen and oxygen atoms in total. The molecule has 0 unspecified atom stereocenters. The van der Waals surface area contributed by atoms with E-state index in [0.29, 0.717) is 11.1 Å². The first-order valence-electron chi connectivity index (χ1n) is 38.1. The monoisotopic (exact) mass is 1450 g/mol. The summed E-state index contributed by atoms with van der Waals surface area (Å²) < 4.78 is 35.8. The number of halogens is 2. The molecule has 17 aromatic carbocycles. The number of fused-ring (bicyclic) bond motifs is 8. The molecule has 4 aliphatic rings. The topological polar surface area (TPSA) is 16.2 Å². The van der Waals surface area contributed by atoms with Crippen LogP contribution in [-0.2, 0) is 0 Å². The minimum Gasteiger partial charge on any atom is -0.311 e. The lowest BCUT2D eigenvalue weighted by Gasteiger charge is -2.46. The van der Waals surface area contributed by atoms with Gasteiger partial charge in [0, 0.05) is 95.4 Å². The van der Waals surface area contributed by atoms with Gasteiger partial charge in [-0.05, 0) is 199 Å². The van der Waals surface area contributed by atoms with Gasteiger partial charge in [0.2, 0.25) is 6.71 Å². The summed E-state index contributed by atoms with van der Waals surface area (Å²) >= 11 is 1.76. The largest absolute Gasteiger partial charge is 0.311 e. The van der Waals surface area contributed by atoms with E-state index in [1.807, 2.05) is 36.4 Å². The van der Waals surface area contributed by atoms with E-state index in [4.69, 9.17) is 0 Å². The smallest absolute Gasteiger partial charge is 0.252 e. The van der Waals surface area contributed by atoms with Crippen LogP contribution in [0.5, 0.6) is 0 Å². The average Bonchev–Trinajstić information content (AvgIpc) is 0.685. The summed E-state index contributed by atoms with van der Waals surface area (Å²) in [5, 5.41) is 0. The molecule has 4 heterocycles. The second kappa shape index (κ2) is 27.6. The second-order valence-electron chi connectivity index (χ2n) is 29.0. The summed E-state index contributed by atoms with van der Waals surface area (Å²) in [6.07, 6.45) is 0. The van der Waals surface area contributed by atoms with Gasteiger partial charge in [-0.15, -0.1) is 0 Å². The lowest BCUT2D eigenvalue weighted by atomic mass is 9.31. The van der Waals surface area contributed by atoms with Crippen LogP contribution in [0.25, 0.3) is 55.6 Å². The van der Waals surface area contributed by atoms with Crippen molar-refractivity contribution in [1.82, 2.24) is 0 Å². The number of nitrogens with zero attached hydrogens (tertiary/aromatic N) is 5. The number of hydrogen-bond donors (Lipinski definition) is 0. The minimum absolute atomic E-state index is 0.237. The molecule has 0 aliphatic carbocycles. The van der Waals surface area contributed by atoms with Gasteiger partial charge in [0.15, 0.2) is 5.82 Å². The lowest BCUT2D eigenvalue weighted by molar-refractivity contribution is 0.585. The van der Waals surface area contributed by atoms with Gasteiger partial charge < -0.3 is 24.5 Å². The highest BCUT2D eigenvalue weighted by Crippen LogP contribution is 2.54. The molecule has 0 spiro atoms. The molecule has 0 atom stereocenters. The SMILES string of the molecule is Fc1cc(F)c(N2c3cc4c(cc3B3c5ccccc5N(c5ccccc5)c5cc(N(c6ccc(-c7ccccc7)cc6)c6cccc(-c7ccccc7)c6)cc2c53)B2c3ccccc3N(c3ccccc3)c3cc(N(c5ccc(-c6ccccc6)cc5)c5cccc(-c6ccccc6)c5)cc(c32)S4)c(-c2ccccc2)c1. The van der Waals surface area contributed by atoms with E-state index >= 15 is 8.78 Å². The Morgan fingerprint density at radius 2 is 0.616 bits per heavy atom. The molecule has 4 aliphatic heterocycles.